The molecule has 5 nitrogen and oxygen atoms in total. The number of aromatic nitrogens is 2. The van der Waals surface area contributed by atoms with Crippen molar-refractivity contribution in [2.24, 2.45) is 0 Å². The molecule has 2 aromatic carbocycles. The van der Waals surface area contributed by atoms with Gasteiger partial charge in [-0.15, -0.1) is 10.2 Å². The molecule has 0 aliphatic carbocycles. The molecule has 0 unspecified atom stereocenters. The van der Waals surface area contributed by atoms with Gasteiger partial charge in [-0.25, -0.2) is 0 Å². The van der Waals surface area contributed by atoms with E-state index in [1.807, 2.05) is 0 Å². The molecule has 0 spiro atoms. The Labute approximate surface area is 152 Å². The molecular weight excluding hydrogens is 369 g/mol. The standard InChI is InChI=1S/C16H11Cl2N3O2S/c1-23-11-4-2-3-9(7-11)14(22)19-16-21-20-15(24-16)12-6-5-10(17)8-13(12)18/h2-8H,1H3,(H,19,21,22). The number of amides is 1. The van der Waals surface area contributed by atoms with Gasteiger partial charge in [0.15, 0.2) is 5.01 Å². The van der Waals surface area contributed by atoms with Crippen LogP contribution in [0.25, 0.3) is 10.6 Å². The number of halogens is 2. The average Bonchev–Trinajstić information content (AvgIpc) is 3.03. The number of hydrogen-bond donors (Lipinski definition) is 1. The largest absolute Gasteiger partial charge is 0.497 e. The minimum absolute atomic E-state index is 0.293. The predicted molar refractivity (Wildman–Crippen MR) is 96.3 cm³/mol. The first-order valence-corrected chi connectivity index (χ1v) is 8.38. The van der Waals surface area contributed by atoms with Crippen LogP contribution in [0, 0.1) is 0 Å². The highest BCUT2D eigenvalue weighted by Crippen LogP contribution is 2.33. The Bertz CT molecular complexity index is 899. The van der Waals surface area contributed by atoms with Crippen LogP contribution in [0.5, 0.6) is 5.75 Å². The van der Waals surface area contributed by atoms with E-state index in [0.29, 0.717) is 37.1 Å². The Balaban J connectivity index is 1.79. The molecule has 0 aliphatic rings. The first kappa shape index (κ1) is 16.7. The van der Waals surface area contributed by atoms with E-state index < -0.39 is 0 Å². The molecule has 1 amide bonds. The zero-order valence-electron chi connectivity index (χ0n) is 12.4. The summed E-state index contributed by atoms with van der Waals surface area (Å²) in [6.45, 7) is 0. The Kier molecular flexibility index (Phi) is 4.99. The summed E-state index contributed by atoms with van der Waals surface area (Å²) in [5.41, 5.74) is 1.18. The third-order valence-electron chi connectivity index (χ3n) is 3.14. The van der Waals surface area contributed by atoms with Gasteiger partial charge in [-0.2, -0.15) is 0 Å². The molecule has 122 valence electrons. The fourth-order valence-electron chi connectivity index (χ4n) is 1.98. The smallest absolute Gasteiger partial charge is 0.257 e. The van der Waals surface area contributed by atoms with Gasteiger partial charge in [-0.1, -0.05) is 40.6 Å². The highest BCUT2D eigenvalue weighted by molar-refractivity contribution is 7.18. The van der Waals surface area contributed by atoms with Crippen molar-refractivity contribution in [3.8, 4) is 16.3 Å². The number of anilines is 1. The van der Waals surface area contributed by atoms with Gasteiger partial charge in [-0.05, 0) is 36.4 Å². The number of carbonyl (C=O) groups excluding carboxylic acids is 1. The van der Waals surface area contributed by atoms with Crippen molar-refractivity contribution in [2.45, 2.75) is 0 Å². The molecule has 24 heavy (non-hydrogen) atoms. The van der Waals surface area contributed by atoms with Crippen LogP contribution in [0.2, 0.25) is 10.0 Å². The van der Waals surface area contributed by atoms with Crippen LogP contribution in [-0.4, -0.2) is 23.2 Å². The molecule has 0 saturated carbocycles. The predicted octanol–water partition coefficient (Wildman–Crippen LogP) is 4.77. The van der Waals surface area contributed by atoms with Crippen molar-refractivity contribution in [1.29, 1.82) is 0 Å². The van der Waals surface area contributed by atoms with E-state index in [4.69, 9.17) is 27.9 Å². The third-order valence-corrected chi connectivity index (χ3v) is 4.56. The summed E-state index contributed by atoms with van der Waals surface area (Å²) in [5, 5.41) is 12.7. The van der Waals surface area contributed by atoms with E-state index in [1.54, 1.807) is 49.6 Å². The molecule has 0 aliphatic heterocycles. The third kappa shape index (κ3) is 3.67. The molecule has 8 heteroatoms. The van der Waals surface area contributed by atoms with Crippen molar-refractivity contribution in [3.63, 3.8) is 0 Å². The topological polar surface area (TPSA) is 64.1 Å². The summed E-state index contributed by atoms with van der Waals surface area (Å²) in [7, 11) is 1.55. The second kappa shape index (κ2) is 7.17. The molecule has 0 atom stereocenters. The summed E-state index contributed by atoms with van der Waals surface area (Å²) >= 11 is 13.3. The summed E-state index contributed by atoms with van der Waals surface area (Å²) in [6, 6.07) is 12.0. The molecule has 0 bridgehead atoms. The van der Waals surface area contributed by atoms with Gasteiger partial charge >= 0.3 is 0 Å². The maximum absolute atomic E-state index is 12.3. The zero-order valence-corrected chi connectivity index (χ0v) is 14.7. The van der Waals surface area contributed by atoms with Crippen LogP contribution < -0.4 is 10.1 Å². The van der Waals surface area contributed by atoms with Gasteiger partial charge in [0, 0.05) is 16.1 Å². The van der Waals surface area contributed by atoms with Crippen molar-refractivity contribution < 1.29 is 9.53 Å². The summed E-state index contributed by atoms with van der Waals surface area (Å²) in [6.07, 6.45) is 0. The van der Waals surface area contributed by atoms with E-state index in [1.165, 1.54) is 11.3 Å². The van der Waals surface area contributed by atoms with Crippen molar-refractivity contribution >= 4 is 45.6 Å². The minimum Gasteiger partial charge on any atom is -0.497 e. The van der Waals surface area contributed by atoms with E-state index in [2.05, 4.69) is 15.5 Å². The number of benzene rings is 2. The zero-order chi connectivity index (χ0) is 17.1. The lowest BCUT2D eigenvalue weighted by atomic mass is 10.2. The van der Waals surface area contributed by atoms with Crippen LogP contribution in [0.4, 0.5) is 5.13 Å². The molecular formula is C16H11Cl2N3O2S. The van der Waals surface area contributed by atoms with Crippen LogP contribution >= 0.6 is 34.5 Å². The minimum atomic E-state index is -0.293. The van der Waals surface area contributed by atoms with Gasteiger partial charge < -0.3 is 4.74 Å². The normalized spacial score (nSPS) is 10.5. The van der Waals surface area contributed by atoms with E-state index in [-0.39, 0.29) is 5.91 Å². The fourth-order valence-corrected chi connectivity index (χ4v) is 3.31. The Morgan fingerprint density at radius 3 is 2.75 bits per heavy atom. The summed E-state index contributed by atoms with van der Waals surface area (Å²) < 4.78 is 5.11. The maximum atomic E-state index is 12.3. The van der Waals surface area contributed by atoms with Gasteiger partial charge in [0.1, 0.15) is 5.75 Å². The van der Waals surface area contributed by atoms with Crippen LogP contribution in [-0.2, 0) is 0 Å². The highest BCUT2D eigenvalue weighted by Gasteiger charge is 2.14. The van der Waals surface area contributed by atoms with Gasteiger partial charge in [0.25, 0.3) is 5.91 Å². The molecule has 1 N–H and O–H groups in total. The van der Waals surface area contributed by atoms with E-state index >= 15 is 0 Å². The average molecular weight is 380 g/mol. The molecule has 0 radical (unpaired) electrons. The molecule has 1 aromatic heterocycles. The molecule has 0 saturated heterocycles. The van der Waals surface area contributed by atoms with Crippen molar-refractivity contribution in [1.82, 2.24) is 10.2 Å². The number of ether oxygens (including phenoxy) is 1. The van der Waals surface area contributed by atoms with Crippen LogP contribution in [0.1, 0.15) is 10.4 Å². The molecule has 1 heterocycles. The first-order chi connectivity index (χ1) is 11.6. The maximum Gasteiger partial charge on any atom is 0.257 e. The second-order valence-electron chi connectivity index (χ2n) is 4.72. The number of nitrogens with zero attached hydrogens (tertiary/aromatic N) is 2. The summed E-state index contributed by atoms with van der Waals surface area (Å²) in [5.74, 6) is 0.312. The number of methoxy groups -OCH3 is 1. The van der Waals surface area contributed by atoms with Crippen molar-refractivity contribution in [3.05, 3.63) is 58.1 Å². The fraction of sp³-hybridized carbons (Fsp3) is 0.0625. The quantitative estimate of drug-likeness (QED) is 0.708. The lowest BCUT2D eigenvalue weighted by molar-refractivity contribution is 0.102. The van der Waals surface area contributed by atoms with Gasteiger partial charge in [0.05, 0.1) is 12.1 Å². The SMILES string of the molecule is COc1cccc(C(=O)Nc2nnc(-c3ccc(Cl)cc3Cl)s2)c1. The van der Waals surface area contributed by atoms with E-state index in [9.17, 15) is 4.79 Å². The first-order valence-electron chi connectivity index (χ1n) is 6.81. The Morgan fingerprint density at radius 2 is 2.00 bits per heavy atom. The second-order valence-corrected chi connectivity index (χ2v) is 6.54. The number of rotatable bonds is 4. The number of nitrogens with one attached hydrogen (secondary N) is 1. The molecule has 3 rings (SSSR count). The monoisotopic (exact) mass is 379 g/mol. The van der Waals surface area contributed by atoms with Crippen LogP contribution in [0.15, 0.2) is 42.5 Å². The van der Waals surface area contributed by atoms with Gasteiger partial charge in [0.2, 0.25) is 5.13 Å². The molecule has 0 fully saturated rings. The lowest BCUT2D eigenvalue weighted by Crippen LogP contribution is -2.11. The van der Waals surface area contributed by atoms with Crippen molar-refractivity contribution in [2.75, 3.05) is 12.4 Å². The Morgan fingerprint density at radius 1 is 1.17 bits per heavy atom. The summed E-state index contributed by atoms with van der Waals surface area (Å²) in [4.78, 5) is 12.3. The Hall–Kier alpha value is -2.15. The van der Waals surface area contributed by atoms with Gasteiger partial charge in [-0.3, -0.25) is 10.1 Å². The molecule has 3 aromatic rings. The number of hydrogen-bond acceptors (Lipinski definition) is 5. The number of carbonyl (C=O) groups is 1. The van der Waals surface area contributed by atoms with E-state index in [0.717, 1.165) is 0 Å². The highest BCUT2D eigenvalue weighted by atomic mass is 35.5. The lowest BCUT2D eigenvalue weighted by Gasteiger charge is -2.03. The van der Waals surface area contributed by atoms with Crippen LogP contribution in [0.3, 0.4) is 0 Å².